The van der Waals surface area contributed by atoms with Crippen LogP contribution < -0.4 is 5.32 Å². The topological polar surface area (TPSA) is 81.7 Å². The quantitative estimate of drug-likeness (QED) is 0.562. The number of esters is 2. The summed E-state index contributed by atoms with van der Waals surface area (Å²) in [5.74, 6) is -3.13. The molecule has 3 rings (SSSR count). The Morgan fingerprint density at radius 2 is 1.90 bits per heavy atom. The first-order chi connectivity index (χ1) is 14.3. The van der Waals surface area contributed by atoms with Crippen molar-refractivity contribution in [1.82, 2.24) is 5.32 Å². The first-order valence-corrected chi connectivity index (χ1v) is 10.4. The maximum Gasteiger partial charge on any atom is 0.336 e. The van der Waals surface area contributed by atoms with Gasteiger partial charge in [0.25, 0.3) is 0 Å². The van der Waals surface area contributed by atoms with Crippen LogP contribution in [0.3, 0.4) is 0 Å². The SMILES string of the molecule is CCCOC(=O)C1=C(C)NC2=C(C(=O)[C@@H](C(=O)OC)[C@@H](C)C2)[C@@H]1c1ccc(Cl)cc1. The number of methoxy groups -OCH3 is 1. The molecule has 0 amide bonds. The lowest BCUT2D eigenvalue weighted by molar-refractivity contribution is -0.151. The van der Waals surface area contributed by atoms with Crippen molar-refractivity contribution < 1.29 is 23.9 Å². The molecule has 160 valence electrons. The average molecular weight is 432 g/mol. The molecule has 1 aliphatic heterocycles. The monoisotopic (exact) mass is 431 g/mol. The predicted molar refractivity (Wildman–Crippen MR) is 113 cm³/mol. The van der Waals surface area contributed by atoms with Crippen molar-refractivity contribution in [2.24, 2.45) is 11.8 Å². The van der Waals surface area contributed by atoms with E-state index >= 15 is 0 Å². The van der Waals surface area contributed by atoms with Gasteiger partial charge in [-0.3, -0.25) is 9.59 Å². The van der Waals surface area contributed by atoms with Crippen LogP contribution in [0.15, 0.2) is 46.8 Å². The molecule has 0 spiro atoms. The molecule has 0 saturated heterocycles. The Hall–Kier alpha value is -2.60. The predicted octanol–water partition coefficient (Wildman–Crippen LogP) is 3.91. The second-order valence-electron chi connectivity index (χ2n) is 7.72. The van der Waals surface area contributed by atoms with E-state index in [0.717, 1.165) is 11.3 Å². The zero-order chi connectivity index (χ0) is 22.0. The van der Waals surface area contributed by atoms with Gasteiger partial charge in [-0.05, 0) is 43.4 Å². The first kappa shape index (κ1) is 22.1. The fourth-order valence-corrected chi connectivity index (χ4v) is 4.34. The number of hydrogen-bond donors (Lipinski definition) is 1. The summed E-state index contributed by atoms with van der Waals surface area (Å²) in [5.41, 5.74) is 2.90. The molecule has 0 saturated carbocycles. The van der Waals surface area contributed by atoms with Crippen LogP contribution >= 0.6 is 11.6 Å². The lowest BCUT2D eigenvalue weighted by Crippen LogP contribution is -2.43. The van der Waals surface area contributed by atoms with Gasteiger partial charge in [0.15, 0.2) is 5.78 Å². The van der Waals surface area contributed by atoms with Gasteiger partial charge >= 0.3 is 11.9 Å². The second-order valence-corrected chi connectivity index (χ2v) is 8.16. The largest absolute Gasteiger partial charge is 0.468 e. The minimum Gasteiger partial charge on any atom is -0.468 e. The van der Waals surface area contributed by atoms with Crippen LogP contribution in [0.2, 0.25) is 5.02 Å². The Bertz CT molecular complexity index is 931. The number of Topliss-reactive ketones (excluding diaryl/α,β-unsaturated/α-hetero) is 1. The molecule has 1 aromatic carbocycles. The van der Waals surface area contributed by atoms with E-state index in [1.807, 2.05) is 13.8 Å². The number of allylic oxidation sites excluding steroid dienone is 3. The second kappa shape index (κ2) is 9.04. The van der Waals surface area contributed by atoms with E-state index in [9.17, 15) is 14.4 Å². The number of hydrogen-bond acceptors (Lipinski definition) is 6. The molecule has 1 aromatic rings. The zero-order valence-corrected chi connectivity index (χ0v) is 18.3. The number of carbonyl (C=O) groups is 3. The van der Waals surface area contributed by atoms with E-state index in [4.69, 9.17) is 21.1 Å². The zero-order valence-electron chi connectivity index (χ0n) is 17.6. The highest BCUT2D eigenvalue weighted by Crippen LogP contribution is 2.45. The molecule has 0 fully saturated rings. The van der Waals surface area contributed by atoms with E-state index < -0.39 is 23.8 Å². The standard InChI is InChI=1S/C23H26ClNO5/c1-5-10-30-23(28)18-13(3)25-16-11-12(2)17(22(27)29-4)21(26)20(16)19(18)14-6-8-15(24)9-7-14/h6-9,12,17,19,25H,5,10-11H2,1-4H3/t12-,17-,19+/m0/s1. The number of halogens is 1. The number of nitrogens with one attached hydrogen (secondary N) is 1. The van der Waals surface area contributed by atoms with Crippen LogP contribution in [0.25, 0.3) is 0 Å². The molecular formula is C23H26ClNO5. The van der Waals surface area contributed by atoms with Crippen LogP contribution in [0.4, 0.5) is 0 Å². The highest BCUT2D eigenvalue weighted by molar-refractivity contribution is 6.30. The summed E-state index contributed by atoms with van der Waals surface area (Å²) in [6, 6.07) is 7.03. The molecule has 0 unspecified atom stereocenters. The number of rotatable bonds is 5. The molecule has 2 aliphatic rings. The van der Waals surface area contributed by atoms with Crippen molar-refractivity contribution in [1.29, 1.82) is 0 Å². The van der Waals surface area contributed by atoms with Gasteiger partial charge in [-0.2, -0.15) is 0 Å². The van der Waals surface area contributed by atoms with Crippen LogP contribution in [0.5, 0.6) is 0 Å². The molecular weight excluding hydrogens is 406 g/mol. The van der Waals surface area contributed by atoms with Crippen molar-refractivity contribution in [3.05, 3.63) is 57.4 Å². The van der Waals surface area contributed by atoms with Gasteiger partial charge < -0.3 is 14.8 Å². The van der Waals surface area contributed by atoms with Crippen LogP contribution in [0.1, 0.15) is 45.1 Å². The smallest absolute Gasteiger partial charge is 0.336 e. The molecule has 3 atom stereocenters. The highest BCUT2D eigenvalue weighted by Gasteiger charge is 2.47. The number of dihydropyridines is 1. The van der Waals surface area contributed by atoms with Crippen LogP contribution in [0, 0.1) is 11.8 Å². The minimum absolute atomic E-state index is 0.219. The van der Waals surface area contributed by atoms with Crippen molar-refractivity contribution in [3.8, 4) is 0 Å². The Balaban J connectivity index is 2.15. The molecule has 1 aliphatic carbocycles. The molecule has 6 nitrogen and oxygen atoms in total. The third kappa shape index (κ3) is 4.01. The van der Waals surface area contributed by atoms with Crippen LogP contribution in [-0.4, -0.2) is 31.4 Å². The third-order valence-electron chi connectivity index (χ3n) is 5.60. The third-order valence-corrected chi connectivity index (χ3v) is 5.86. The molecule has 7 heteroatoms. The van der Waals surface area contributed by atoms with Crippen LogP contribution in [-0.2, 0) is 23.9 Å². The number of ether oxygens (including phenoxy) is 2. The summed E-state index contributed by atoms with van der Waals surface area (Å²) < 4.78 is 10.3. The summed E-state index contributed by atoms with van der Waals surface area (Å²) >= 11 is 6.06. The van der Waals surface area contributed by atoms with E-state index in [1.54, 1.807) is 31.2 Å². The van der Waals surface area contributed by atoms with E-state index in [0.29, 0.717) is 34.7 Å². The van der Waals surface area contributed by atoms with Gasteiger partial charge in [-0.25, -0.2) is 4.79 Å². The molecule has 0 radical (unpaired) electrons. The summed E-state index contributed by atoms with van der Waals surface area (Å²) in [7, 11) is 1.28. The van der Waals surface area contributed by atoms with Gasteiger partial charge in [0.05, 0.1) is 19.3 Å². The highest BCUT2D eigenvalue weighted by atomic mass is 35.5. The lowest BCUT2D eigenvalue weighted by Gasteiger charge is -2.38. The maximum absolute atomic E-state index is 13.5. The Labute approximate surface area is 181 Å². The molecule has 1 heterocycles. The van der Waals surface area contributed by atoms with E-state index in [-0.39, 0.29) is 18.3 Å². The molecule has 0 bridgehead atoms. The van der Waals surface area contributed by atoms with Crippen molar-refractivity contribution in [2.75, 3.05) is 13.7 Å². The summed E-state index contributed by atoms with van der Waals surface area (Å²) in [6.07, 6.45) is 1.19. The Morgan fingerprint density at radius 1 is 1.23 bits per heavy atom. The summed E-state index contributed by atoms with van der Waals surface area (Å²) in [4.78, 5) is 38.8. The van der Waals surface area contributed by atoms with Crippen molar-refractivity contribution in [3.63, 3.8) is 0 Å². The Kier molecular flexibility index (Phi) is 6.66. The first-order valence-electron chi connectivity index (χ1n) is 10.1. The van der Waals surface area contributed by atoms with Gasteiger partial charge in [-0.15, -0.1) is 0 Å². The maximum atomic E-state index is 13.5. The van der Waals surface area contributed by atoms with Gasteiger partial charge in [0.1, 0.15) is 5.92 Å². The summed E-state index contributed by atoms with van der Waals surface area (Å²) in [5, 5.41) is 3.78. The normalized spacial score (nSPS) is 23.6. The molecule has 0 aromatic heterocycles. The van der Waals surface area contributed by atoms with Crippen molar-refractivity contribution >= 4 is 29.3 Å². The average Bonchev–Trinajstić information content (AvgIpc) is 2.71. The minimum atomic E-state index is -0.906. The van der Waals surface area contributed by atoms with Gasteiger partial charge in [-0.1, -0.05) is 37.6 Å². The fraction of sp³-hybridized carbons (Fsp3) is 0.435. The molecule has 30 heavy (non-hydrogen) atoms. The number of carbonyl (C=O) groups excluding carboxylic acids is 3. The summed E-state index contributed by atoms with van der Waals surface area (Å²) in [6.45, 7) is 5.85. The lowest BCUT2D eigenvalue weighted by atomic mass is 9.69. The molecule has 1 N–H and O–H groups in total. The number of benzene rings is 1. The van der Waals surface area contributed by atoms with E-state index in [1.165, 1.54) is 7.11 Å². The van der Waals surface area contributed by atoms with Gasteiger partial charge in [0, 0.05) is 27.9 Å². The Morgan fingerprint density at radius 3 is 2.50 bits per heavy atom. The van der Waals surface area contributed by atoms with Crippen molar-refractivity contribution in [2.45, 2.75) is 39.5 Å². The number of ketones is 1. The van der Waals surface area contributed by atoms with E-state index in [2.05, 4.69) is 5.32 Å². The fourth-order valence-electron chi connectivity index (χ4n) is 4.21. The van der Waals surface area contributed by atoms with Gasteiger partial charge in [0.2, 0.25) is 0 Å².